The highest BCUT2D eigenvalue weighted by molar-refractivity contribution is 14.1. The number of carbonyl (C=O) groups excluding carboxylic acids is 2. The molecule has 0 radical (unpaired) electrons. The molecule has 40 heavy (non-hydrogen) atoms. The van der Waals surface area contributed by atoms with Crippen molar-refractivity contribution in [3.05, 3.63) is 104 Å². The normalized spacial score (nSPS) is 21.4. The second-order valence-electron chi connectivity index (χ2n) is 11.7. The molecule has 0 saturated heterocycles. The van der Waals surface area contributed by atoms with Gasteiger partial charge in [0.1, 0.15) is 5.41 Å². The lowest BCUT2D eigenvalue weighted by atomic mass is 9.62. The van der Waals surface area contributed by atoms with Gasteiger partial charge in [0.15, 0.2) is 0 Å². The molecule has 0 bridgehead atoms. The second-order valence-corrected chi connectivity index (χ2v) is 12.9. The van der Waals surface area contributed by atoms with Gasteiger partial charge in [0.2, 0.25) is 5.91 Å². The summed E-state index contributed by atoms with van der Waals surface area (Å²) in [7, 11) is 0. The molecule has 1 fully saturated rings. The van der Waals surface area contributed by atoms with Crippen molar-refractivity contribution in [2.75, 3.05) is 6.54 Å². The van der Waals surface area contributed by atoms with Crippen LogP contribution in [0.2, 0.25) is 0 Å². The lowest BCUT2D eigenvalue weighted by molar-refractivity contribution is -0.130. The summed E-state index contributed by atoms with van der Waals surface area (Å²) in [6.07, 6.45) is 5.67. The smallest absolute Gasteiger partial charge is 0.254 e. The van der Waals surface area contributed by atoms with Crippen LogP contribution in [0.1, 0.15) is 84.6 Å². The third-order valence-electron chi connectivity index (χ3n) is 8.57. The van der Waals surface area contributed by atoms with Crippen LogP contribution in [0.15, 0.2) is 72.8 Å². The molecule has 3 aromatic rings. The van der Waals surface area contributed by atoms with E-state index in [-0.39, 0.29) is 30.4 Å². The molecule has 0 aromatic heterocycles. The number of carbonyl (C=O) groups is 2. The Morgan fingerprint density at radius 3 is 2.35 bits per heavy atom. The van der Waals surface area contributed by atoms with E-state index in [1.807, 2.05) is 60.7 Å². The predicted molar refractivity (Wildman–Crippen MR) is 167 cm³/mol. The minimum atomic E-state index is -1.04. The van der Waals surface area contributed by atoms with Crippen LogP contribution in [-0.4, -0.2) is 34.4 Å². The fourth-order valence-electron chi connectivity index (χ4n) is 6.60. The van der Waals surface area contributed by atoms with Crippen LogP contribution in [-0.2, 0) is 23.2 Å². The molecule has 0 unspecified atom stereocenters. The Kier molecular flexibility index (Phi) is 8.95. The van der Waals surface area contributed by atoms with Gasteiger partial charge in [-0.2, -0.15) is 0 Å². The van der Waals surface area contributed by atoms with E-state index in [2.05, 4.69) is 58.8 Å². The summed E-state index contributed by atoms with van der Waals surface area (Å²) in [4.78, 5) is 31.4. The van der Waals surface area contributed by atoms with E-state index in [9.17, 15) is 14.7 Å². The van der Waals surface area contributed by atoms with Crippen LogP contribution in [0.4, 0.5) is 0 Å². The topological polar surface area (TPSA) is 69.6 Å². The Morgan fingerprint density at radius 1 is 1.00 bits per heavy atom. The Bertz CT molecular complexity index is 1350. The molecule has 5 rings (SSSR count). The number of nitrogens with one attached hydrogen (secondary N) is 1. The van der Waals surface area contributed by atoms with E-state index >= 15 is 0 Å². The van der Waals surface area contributed by atoms with Crippen LogP contribution < -0.4 is 5.32 Å². The molecule has 3 aromatic carbocycles. The largest absolute Gasteiger partial charge is 0.392 e. The van der Waals surface area contributed by atoms with Crippen molar-refractivity contribution in [1.29, 1.82) is 0 Å². The highest BCUT2D eigenvalue weighted by atomic mass is 127. The molecule has 2 N–H and O–H groups in total. The van der Waals surface area contributed by atoms with E-state index in [1.54, 1.807) is 0 Å². The van der Waals surface area contributed by atoms with Gasteiger partial charge in [-0.25, -0.2) is 0 Å². The van der Waals surface area contributed by atoms with Gasteiger partial charge < -0.3 is 15.3 Å². The number of halogens is 1. The van der Waals surface area contributed by atoms with Gasteiger partial charge in [0.25, 0.3) is 5.91 Å². The average Bonchev–Trinajstić information content (AvgIpc) is 2.98. The summed E-state index contributed by atoms with van der Waals surface area (Å²) in [6.45, 7) is 4.71. The fourth-order valence-corrected chi connectivity index (χ4v) is 7.18. The van der Waals surface area contributed by atoms with Gasteiger partial charge in [-0.3, -0.25) is 9.59 Å². The lowest BCUT2D eigenvalue weighted by Gasteiger charge is -2.53. The fraction of sp³-hybridized carbons (Fsp3) is 0.412. The van der Waals surface area contributed by atoms with Crippen LogP contribution >= 0.6 is 22.6 Å². The van der Waals surface area contributed by atoms with Crippen molar-refractivity contribution in [3.8, 4) is 0 Å². The first-order chi connectivity index (χ1) is 19.4. The number of rotatable bonds is 8. The van der Waals surface area contributed by atoms with Crippen molar-refractivity contribution in [3.63, 3.8) is 0 Å². The molecule has 1 saturated carbocycles. The Hall–Kier alpha value is -2.71. The number of aliphatic hydroxyl groups excluding tert-OH is 1. The van der Waals surface area contributed by atoms with E-state index < -0.39 is 11.5 Å². The van der Waals surface area contributed by atoms with Gasteiger partial charge in [0, 0.05) is 21.7 Å². The monoisotopic (exact) mass is 650 g/mol. The lowest BCUT2D eigenvalue weighted by Crippen LogP contribution is -2.62. The van der Waals surface area contributed by atoms with Gasteiger partial charge in [-0.1, -0.05) is 93.8 Å². The molecule has 2 aliphatic rings. The van der Waals surface area contributed by atoms with Crippen molar-refractivity contribution < 1.29 is 14.7 Å². The summed E-state index contributed by atoms with van der Waals surface area (Å²) in [5.41, 5.74) is 3.21. The minimum Gasteiger partial charge on any atom is -0.392 e. The van der Waals surface area contributed by atoms with Gasteiger partial charge in [0.05, 0.1) is 12.6 Å². The summed E-state index contributed by atoms with van der Waals surface area (Å²) in [5, 5.41) is 13.1. The first kappa shape index (κ1) is 28.8. The molecular weight excluding hydrogens is 611 g/mol. The zero-order valence-corrected chi connectivity index (χ0v) is 25.6. The number of fused-ring (bicyclic) bond motifs is 1. The van der Waals surface area contributed by atoms with Gasteiger partial charge in [-0.15, -0.1) is 0 Å². The summed E-state index contributed by atoms with van der Waals surface area (Å²) < 4.78 is 1.10. The highest BCUT2D eigenvalue weighted by Gasteiger charge is 2.57. The van der Waals surface area contributed by atoms with Gasteiger partial charge in [-0.05, 0) is 82.2 Å². The third kappa shape index (κ3) is 5.45. The predicted octanol–water partition coefficient (Wildman–Crippen LogP) is 6.57. The van der Waals surface area contributed by atoms with Crippen LogP contribution in [0.3, 0.4) is 0 Å². The second kappa shape index (κ2) is 12.4. The summed E-state index contributed by atoms with van der Waals surface area (Å²) >= 11 is 2.36. The summed E-state index contributed by atoms with van der Waals surface area (Å²) in [6, 6.07) is 23.4. The number of aliphatic hydroxyl groups is 1. The van der Waals surface area contributed by atoms with E-state index in [4.69, 9.17) is 0 Å². The standard InChI is InChI=1S/C34H39IN2O3/c1-23(2)21-36-33(40)34(20-26-10-6-9-15-30(26)35)29-14-8-7-13-28(29)32(39)37(27-11-4-3-5-12-27)31(34)25-18-16-24(22-38)17-19-25/h6-10,13-19,23,27,31,38H,3-5,11-12,20-22H2,1-2H3,(H,36,40)/t31-,34-/m0/s1. The SMILES string of the molecule is CC(C)CNC(=O)[C@@]1(Cc2ccccc2I)c2ccccc2C(=O)N(C2CCCCC2)[C@H]1c1ccc(CO)cc1. The molecule has 6 heteroatoms. The molecule has 1 aliphatic carbocycles. The van der Waals surface area contributed by atoms with E-state index in [0.717, 1.165) is 51.5 Å². The van der Waals surface area contributed by atoms with Crippen molar-refractivity contribution >= 4 is 34.4 Å². The maximum absolute atomic E-state index is 14.9. The molecule has 1 aliphatic heterocycles. The molecule has 0 spiro atoms. The van der Waals surface area contributed by atoms with Crippen LogP contribution in [0, 0.1) is 9.49 Å². The molecule has 1 heterocycles. The number of benzene rings is 3. The maximum atomic E-state index is 14.9. The Labute approximate surface area is 251 Å². The maximum Gasteiger partial charge on any atom is 0.254 e. The average molecular weight is 651 g/mol. The number of hydrogen-bond acceptors (Lipinski definition) is 3. The first-order valence-electron chi connectivity index (χ1n) is 14.5. The Morgan fingerprint density at radius 2 is 1.68 bits per heavy atom. The molecule has 5 nitrogen and oxygen atoms in total. The zero-order valence-electron chi connectivity index (χ0n) is 23.4. The number of nitrogens with zero attached hydrogens (tertiary/aromatic N) is 1. The highest BCUT2D eigenvalue weighted by Crippen LogP contribution is 2.51. The van der Waals surface area contributed by atoms with Crippen molar-refractivity contribution in [2.45, 2.75) is 76.5 Å². The molecular formula is C34H39IN2O3. The van der Waals surface area contributed by atoms with Crippen LogP contribution in [0.25, 0.3) is 0 Å². The first-order valence-corrected chi connectivity index (χ1v) is 15.6. The quantitative estimate of drug-likeness (QED) is 0.271. The van der Waals surface area contributed by atoms with E-state index in [0.29, 0.717) is 18.5 Å². The zero-order chi connectivity index (χ0) is 28.3. The summed E-state index contributed by atoms with van der Waals surface area (Å²) in [5.74, 6) is 0.252. The third-order valence-corrected chi connectivity index (χ3v) is 9.62. The van der Waals surface area contributed by atoms with Crippen LogP contribution in [0.5, 0.6) is 0 Å². The number of hydrogen-bond donors (Lipinski definition) is 2. The molecule has 2 atom stereocenters. The molecule has 210 valence electrons. The number of amides is 2. The Balaban J connectivity index is 1.81. The minimum absolute atomic E-state index is 0.00813. The molecule has 2 amide bonds. The van der Waals surface area contributed by atoms with E-state index in [1.165, 1.54) is 6.42 Å². The van der Waals surface area contributed by atoms with Crippen molar-refractivity contribution in [1.82, 2.24) is 10.2 Å². The van der Waals surface area contributed by atoms with Gasteiger partial charge >= 0.3 is 0 Å². The van der Waals surface area contributed by atoms with Crippen molar-refractivity contribution in [2.24, 2.45) is 5.92 Å².